The SMILES string of the molecule is CC(=O)c1[nH]ncc1CN1CC2CN(C(=O)OC(C(F)(F)F)C(F)(F)F)CC2C1. The van der Waals surface area contributed by atoms with Crippen molar-refractivity contribution in [1.82, 2.24) is 20.0 Å². The van der Waals surface area contributed by atoms with Gasteiger partial charge in [-0.05, 0) is 11.8 Å². The van der Waals surface area contributed by atoms with Crippen LogP contribution < -0.4 is 0 Å². The lowest BCUT2D eigenvalue weighted by Crippen LogP contribution is -2.48. The number of hydrogen-bond donors (Lipinski definition) is 1. The van der Waals surface area contributed by atoms with Gasteiger partial charge in [-0.2, -0.15) is 31.4 Å². The van der Waals surface area contributed by atoms with Gasteiger partial charge in [0.25, 0.3) is 6.10 Å². The summed E-state index contributed by atoms with van der Waals surface area (Å²) in [6.07, 6.45) is -15.7. The first kappa shape index (κ1) is 21.4. The van der Waals surface area contributed by atoms with Crippen molar-refractivity contribution in [3.05, 3.63) is 17.5 Å². The zero-order valence-corrected chi connectivity index (χ0v) is 15.2. The third-order valence-corrected chi connectivity index (χ3v) is 5.10. The molecule has 0 radical (unpaired) electrons. The Morgan fingerprint density at radius 3 is 2.17 bits per heavy atom. The molecule has 162 valence electrons. The van der Waals surface area contributed by atoms with Crippen molar-refractivity contribution in [2.45, 2.75) is 31.9 Å². The van der Waals surface area contributed by atoms with Crippen molar-refractivity contribution in [1.29, 1.82) is 0 Å². The number of amides is 1. The summed E-state index contributed by atoms with van der Waals surface area (Å²) < 4.78 is 79.1. The Morgan fingerprint density at radius 2 is 1.69 bits per heavy atom. The Bertz CT molecular complexity index is 749. The molecule has 0 spiro atoms. The first-order valence-corrected chi connectivity index (χ1v) is 8.70. The lowest BCUT2D eigenvalue weighted by atomic mass is 10.0. The van der Waals surface area contributed by atoms with Gasteiger partial charge in [0.05, 0.1) is 6.20 Å². The molecule has 0 saturated carbocycles. The van der Waals surface area contributed by atoms with Crippen LogP contribution >= 0.6 is 0 Å². The first-order valence-electron chi connectivity index (χ1n) is 8.70. The number of hydrogen-bond acceptors (Lipinski definition) is 5. The van der Waals surface area contributed by atoms with Crippen molar-refractivity contribution < 1.29 is 40.7 Å². The van der Waals surface area contributed by atoms with Gasteiger partial charge in [0.2, 0.25) is 0 Å². The summed E-state index contributed by atoms with van der Waals surface area (Å²) >= 11 is 0. The van der Waals surface area contributed by atoms with E-state index in [9.17, 15) is 35.9 Å². The normalized spacial score (nSPS) is 23.0. The quantitative estimate of drug-likeness (QED) is 0.589. The molecule has 2 fully saturated rings. The summed E-state index contributed by atoms with van der Waals surface area (Å²) in [4.78, 5) is 26.3. The van der Waals surface area contributed by atoms with Crippen LogP contribution in [0.3, 0.4) is 0 Å². The van der Waals surface area contributed by atoms with Gasteiger partial charge in [-0.25, -0.2) is 4.79 Å². The maximum absolute atomic E-state index is 12.6. The van der Waals surface area contributed by atoms with E-state index in [4.69, 9.17) is 0 Å². The lowest BCUT2D eigenvalue weighted by molar-refractivity contribution is -0.308. The molecule has 1 aromatic heterocycles. The van der Waals surface area contributed by atoms with E-state index in [1.165, 1.54) is 13.1 Å². The minimum Gasteiger partial charge on any atom is -0.426 e. The maximum atomic E-state index is 12.6. The van der Waals surface area contributed by atoms with E-state index in [1.54, 1.807) is 0 Å². The van der Waals surface area contributed by atoms with E-state index in [1.807, 2.05) is 4.90 Å². The molecule has 1 N–H and O–H groups in total. The molecule has 29 heavy (non-hydrogen) atoms. The highest BCUT2D eigenvalue weighted by Gasteiger charge is 2.60. The number of H-pyrrole nitrogens is 1. The van der Waals surface area contributed by atoms with E-state index >= 15 is 0 Å². The molecule has 1 aromatic rings. The minimum atomic E-state index is -5.74. The van der Waals surface area contributed by atoms with Crippen LogP contribution in [-0.2, 0) is 11.3 Å². The topological polar surface area (TPSA) is 78.5 Å². The van der Waals surface area contributed by atoms with Crippen molar-refractivity contribution in [2.24, 2.45) is 11.8 Å². The van der Waals surface area contributed by atoms with Gasteiger partial charge in [0.15, 0.2) is 5.78 Å². The van der Waals surface area contributed by atoms with Gasteiger partial charge in [-0.1, -0.05) is 0 Å². The van der Waals surface area contributed by atoms with E-state index in [2.05, 4.69) is 14.9 Å². The fraction of sp³-hybridized carbons (Fsp3) is 0.688. The molecule has 2 saturated heterocycles. The van der Waals surface area contributed by atoms with Crippen molar-refractivity contribution in [3.8, 4) is 0 Å². The maximum Gasteiger partial charge on any atom is 0.434 e. The largest absolute Gasteiger partial charge is 0.434 e. The number of Topliss-reactive ketones (excluding diaryl/α,β-unsaturated/α-hetero) is 1. The molecule has 2 atom stereocenters. The average molecular weight is 428 g/mol. The van der Waals surface area contributed by atoms with Crippen LogP contribution in [0.1, 0.15) is 23.0 Å². The molecule has 2 aliphatic heterocycles. The van der Waals surface area contributed by atoms with Crippen LogP contribution in [0.15, 0.2) is 6.20 Å². The molecule has 0 aliphatic carbocycles. The predicted octanol–water partition coefficient (Wildman–Crippen LogP) is 2.61. The number of likely N-dealkylation sites (tertiary alicyclic amines) is 2. The number of nitrogens with one attached hydrogen (secondary N) is 1. The van der Waals surface area contributed by atoms with Gasteiger partial charge in [0.1, 0.15) is 5.69 Å². The zero-order chi connectivity index (χ0) is 21.6. The number of rotatable bonds is 4. The lowest BCUT2D eigenvalue weighted by Gasteiger charge is -2.26. The van der Waals surface area contributed by atoms with Crippen LogP contribution in [0.2, 0.25) is 0 Å². The fourth-order valence-electron chi connectivity index (χ4n) is 3.84. The van der Waals surface area contributed by atoms with Crippen molar-refractivity contribution in [2.75, 3.05) is 26.2 Å². The Kier molecular flexibility index (Phi) is 5.54. The number of nitrogens with zero attached hydrogens (tertiary/aromatic N) is 3. The summed E-state index contributed by atoms with van der Waals surface area (Å²) in [5.41, 5.74) is 1.09. The highest BCUT2D eigenvalue weighted by molar-refractivity contribution is 5.93. The molecular formula is C16H18F6N4O3. The number of ketones is 1. The molecule has 3 rings (SSSR count). The molecule has 2 unspecified atom stereocenters. The molecule has 0 aromatic carbocycles. The predicted molar refractivity (Wildman–Crippen MR) is 84.8 cm³/mol. The molecule has 2 aliphatic rings. The van der Waals surface area contributed by atoms with Gasteiger partial charge in [0, 0.05) is 45.2 Å². The molecule has 0 bridgehead atoms. The summed E-state index contributed by atoms with van der Waals surface area (Å²) in [5.74, 6) is -0.384. The number of fused-ring (bicyclic) bond motifs is 1. The Balaban J connectivity index is 1.56. The summed E-state index contributed by atoms with van der Waals surface area (Å²) in [5, 5.41) is 6.45. The smallest absolute Gasteiger partial charge is 0.426 e. The van der Waals surface area contributed by atoms with Crippen molar-refractivity contribution in [3.63, 3.8) is 0 Å². The number of aromatic amines is 1. The molecule has 3 heterocycles. The number of aromatic nitrogens is 2. The highest BCUT2D eigenvalue weighted by Crippen LogP contribution is 2.37. The van der Waals surface area contributed by atoms with E-state index in [-0.39, 0.29) is 30.7 Å². The second-order valence-electron chi connectivity index (χ2n) is 7.29. The first-order chi connectivity index (χ1) is 13.4. The standard InChI is InChI=1S/C16H18F6N4O3/c1-8(27)12-9(2-23-24-12)3-25-4-10-6-26(7-11(10)5-25)14(28)29-13(15(17,18)19)16(20,21)22/h2,10-11,13H,3-7H2,1H3,(H,23,24). The fourth-order valence-corrected chi connectivity index (χ4v) is 3.84. The number of carbonyl (C=O) groups is 2. The monoisotopic (exact) mass is 428 g/mol. The molecule has 7 nitrogen and oxygen atoms in total. The van der Waals surface area contributed by atoms with Crippen LogP contribution in [0.5, 0.6) is 0 Å². The van der Waals surface area contributed by atoms with Crippen LogP contribution in [0.4, 0.5) is 31.1 Å². The third kappa shape index (κ3) is 4.65. The van der Waals surface area contributed by atoms with Crippen molar-refractivity contribution >= 4 is 11.9 Å². The van der Waals surface area contributed by atoms with Crippen LogP contribution in [-0.4, -0.2) is 76.5 Å². The summed E-state index contributed by atoms with van der Waals surface area (Å²) in [6.45, 7) is 2.81. The van der Waals surface area contributed by atoms with Crippen LogP contribution in [0.25, 0.3) is 0 Å². The molecule has 1 amide bonds. The summed E-state index contributed by atoms with van der Waals surface area (Å²) in [7, 11) is 0. The minimum absolute atomic E-state index is 0.00733. The second kappa shape index (κ2) is 7.50. The van der Waals surface area contributed by atoms with E-state index < -0.39 is 24.5 Å². The highest BCUT2D eigenvalue weighted by atomic mass is 19.4. The van der Waals surface area contributed by atoms with Gasteiger partial charge in [-0.3, -0.25) is 14.8 Å². The number of alkyl halides is 6. The number of carbonyl (C=O) groups excluding carboxylic acids is 2. The Morgan fingerprint density at radius 1 is 1.14 bits per heavy atom. The van der Waals surface area contributed by atoms with E-state index in [0.717, 1.165) is 4.90 Å². The average Bonchev–Trinajstić information content (AvgIpc) is 3.24. The van der Waals surface area contributed by atoms with Gasteiger partial charge >= 0.3 is 18.4 Å². The Labute approximate surface area is 161 Å². The van der Waals surface area contributed by atoms with Crippen LogP contribution in [0, 0.1) is 11.8 Å². The zero-order valence-electron chi connectivity index (χ0n) is 15.2. The molecule has 13 heteroatoms. The number of ether oxygens (including phenoxy) is 1. The van der Waals surface area contributed by atoms with Gasteiger partial charge in [-0.15, -0.1) is 0 Å². The second-order valence-corrected chi connectivity index (χ2v) is 7.29. The summed E-state index contributed by atoms with van der Waals surface area (Å²) in [6, 6.07) is 0. The third-order valence-electron chi connectivity index (χ3n) is 5.10. The number of halogens is 6. The molecular weight excluding hydrogens is 410 g/mol. The van der Waals surface area contributed by atoms with Gasteiger partial charge < -0.3 is 9.64 Å². The Hall–Kier alpha value is -2.31. The van der Waals surface area contributed by atoms with E-state index in [0.29, 0.717) is 30.9 Å².